The van der Waals surface area contributed by atoms with Crippen LogP contribution in [0.2, 0.25) is 0 Å². The van der Waals surface area contributed by atoms with Gasteiger partial charge in [-0.25, -0.2) is 4.57 Å². The lowest BCUT2D eigenvalue weighted by Gasteiger charge is -2.49. The van der Waals surface area contributed by atoms with Crippen LogP contribution in [0.5, 0.6) is 0 Å². The van der Waals surface area contributed by atoms with Gasteiger partial charge in [-0.15, -0.1) is 0 Å². The van der Waals surface area contributed by atoms with Crippen molar-refractivity contribution in [3.05, 3.63) is 12.2 Å². The molecule has 0 radical (unpaired) electrons. The second-order valence-corrected chi connectivity index (χ2v) is 29.1. The van der Waals surface area contributed by atoms with E-state index in [-0.39, 0.29) is 19.3 Å². The molecule has 3 rings (SSSR count). The number of carbonyl (C=O) groups excluding carboxylic acids is 3. The summed E-state index contributed by atoms with van der Waals surface area (Å²) < 4.78 is 65.0. The number of phosphoric acid groups is 1. The number of aliphatic hydroxyl groups excluding tert-OH is 10. The van der Waals surface area contributed by atoms with Crippen molar-refractivity contribution < 1.29 is 117 Å². The molecule has 0 aromatic heterocycles. The first kappa shape index (κ1) is 89.9. The number of ether oxygens (including phenoxy) is 7. The molecule has 0 bridgehead atoms. The zero-order valence-electron chi connectivity index (χ0n) is 60.1. The summed E-state index contributed by atoms with van der Waals surface area (Å²) in [5.41, 5.74) is 0. The quantitative estimate of drug-likeness (QED) is 0.00886. The maximum absolute atomic E-state index is 14.3. The number of phosphoric ester groups is 1. The molecule has 2 aliphatic heterocycles. The highest BCUT2D eigenvalue weighted by Crippen LogP contribution is 2.49. The highest BCUT2D eigenvalue weighted by molar-refractivity contribution is 7.47. The normalized spacial score (nSPS) is 27.7. The van der Waals surface area contributed by atoms with E-state index in [4.69, 9.17) is 42.2 Å². The van der Waals surface area contributed by atoms with Gasteiger partial charge in [-0.3, -0.25) is 23.4 Å². The van der Waals surface area contributed by atoms with Crippen molar-refractivity contribution in [3.8, 4) is 0 Å². The molecule has 2 heterocycles. The smallest absolute Gasteiger partial charge is 0.463 e. The van der Waals surface area contributed by atoms with Gasteiger partial charge in [0.25, 0.3) is 0 Å². The molecule has 11 N–H and O–H groups in total. The van der Waals surface area contributed by atoms with E-state index in [1.807, 2.05) is 0 Å². The molecule has 0 spiro atoms. The molecule has 0 amide bonds. The molecule has 3 aliphatic rings. The molecule has 25 heteroatoms. The average molecular weight is 1430 g/mol. The molecule has 18 atom stereocenters. The zero-order valence-corrected chi connectivity index (χ0v) is 61.0. The van der Waals surface area contributed by atoms with Gasteiger partial charge in [-0.1, -0.05) is 251 Å². The maximum Gasteiger partial charge on any atom is 0.472 e. The van der Waals surface area contributed by atoms with E-state index < -0.39 is 156 Å². The van der Waals surface area contributed by atoms with Crippen molar-refractivity contribution >= 4 is 25.7 Å². The molecule has 98 heavy (non-hydrogen) atoms. The molecule has 1 saturated carbocycles. The number of unbranched alkanes of at least 4 members (excludes halogenated alkanes) is 37. The van der Waals surface area contributed by atoms with Crippen LogP contribution < -0.4 is 0 Å². The summed E-state index contributed by atoms with van der Waals surface area (Å²) in [6.45, 7) is 3.45. The minimum absolute atomic E-state index is 0.0319. The van der Waals surface area contributed by atoms with Crippen LogP contribution in [0.15, 0.2) is 12.2 Å². The topological polar surface area (TPSA) is 374 Å². The monoisotopic (exact) mass is 1430 g/mol. The van der Waals surface area contributed by atoms with Crippen molar-refractivity contribution in [1.29, 1.82) is 0 Å². The molecule has 1 aliphatic carbocycles. The third-order valence-corrected chi connectivity index (χ3v) is 20.0. The maximum atomic E-state index is 14.3. The summed E-state index contributed by atoms with van der Waals surface area (Å²) in [6, 6.07) is 0. The van der Waals surface area contributed by atoms with Crippen molar-refractivity contribution in [2.24, 2.45) is 0 Å². The Kier molecular flexibility index (Phi) is 50.7. The van der Waals surface area contributed by atoms with E-state index in [9.17, 15) is 74.9 Å². The highest BCUT2D eigenvalue weighted by Gasteiger charge is 2.58. The minimum atomic E-state index is -5.70. The van der Waals surface area contributed by atoms with Crippen molar-refractivity contribution in [1.82, 2.24) is 0 Å². The zero-order chi connectivity index (χ0) is 71.8. The molecule has 0 aromatic rings. The highest BCUT2D eigenvalue weighted by atomic mass is 31.2. The van der Waals surface area contributed by atoms with E-state index in [1.54, 1.807) is 0 Å². The Morgan fingerprint density at radius 3 is 1.11 bits per heavy atom. The van der Waals surface area contributed by atoms with Crippen molar-refractivity contribution in [3.63, 3.8) is 0 Å². The molecular weight excluding hydrogens is 1290 g/mol. The van der Waals surface area contributed by atoms with E-state index >= 15 is 0 Å². The fourth-order valence-corrected chi connectivity index (χ4v) is 13.7. The lowest BCUT2D eigenvalue weighted by Crippen LogP contribution is -2.69. The summed E-state index contributed by atoms with van der Waals surface area (Å²) in [6.07, 6.45) is 14.2. The Morgan fingerprint density at radius 1 is 0.388 bits per heavy atom. The summed E-state index contributed by atoms with van der Waals surface area (Å²) in [5.74, 6) is -2.00. The van der Waals surface area contributed by atoms with Gasteiger partial charge in [0.15, 0.2) is 18.7 Å². The summed E-state index contributed by atoms with van der Waals surface area (Å²) in [5, 5.41) is 110. The second kappa shape index (κ2) is 55.2. The summed E-state index contributed by atoms with van der Waals surface area (Å²) >= 11 is 0. The van der Waals surface area contributed by atoms with Crippen LogP contribution in [0.4, 0.5) is 0 Å². The number of hydrogen-bond donors (Lipinski definition) is 11. The molecule has 24 nitrogen and oxygen atoms in total. The predicted molar refractivity (Wildman–Crippen MR) is 370 cm³/mol. The number of rotatable bonds is 60. The van der Waals surface area contributed by atoms with Crippen LogP contribution in [0.1, 0.15) is 303 Å². The third kappa shape index (κ3) is 37.9. The van der Waals surface area contributed by atoms with Gasteiger partial charge in [0.05, 0.1) is 13.2 Å². The van der Waals surface area contributed by atoms with Gasteiger partial charge in [0, 0.05) is 19.3 Å². The standard InChI is InChI=1S/C73H135O24P/c1-4-7-10-13-16-19-22-25-28-31-33-35-38-41-44-47-57(75)89-51-54(92-59(77)49-46-43-40-37-34-30-27-24-21-18-15-12-9-6-3)52-91-98(87,88)97-71-69(95-72-67(85)62(80)60(78)55(50-74)93-72)65(83)64(82)66(84)70(71)96-73-68(86)63(81)61(79)56(94-73)53-90-58(76)48-45-42-39-36-32-29-26-23-20-17-14-11-8-5-2/h30,34,54-56,60-74,78-86H,4-29,31-33,35-53H2,1-3H3,(H,87,88)/b34-30-. The number of aliphatic hydroxyl groups is 10. The Balaban J connectivity index is 1.73. The second-order valence-electron chi connectivity index (χ2n) is 27.7. The molecular formula is C73H135O24P. The fraction of sp³-hybridized carbons (Fsp3) is 0.932. The Hall–Kier alpha value is -2.30. The largest absolute Gasteiger partial charge is 0.472 e. The number of allylic oxidation sites excluding steroid dienone is 2. The predicted octanol–water partition coefficient (Wildman–Crippen LogP) is 10.7. The van der Waals surface area contributed by atoms with Crippen LogP contribution in [-0.4, -0.2) is 204 Å². The Labute approximate surface area is 586 Å². The van der Waals surface area contributed by atoms with Crippen LogP contribution in [0.3, 0.4) is 0 Å². The van der Waals surface area contributed by atoms with Gasteiger partial charge in [0.2, 0.25) is 0 Å². The van der Waals surface area contributed by atoms with Gasteiger partial charge in [-0.05, 0) is 44.9 Å². The minimum Gasteiger partial charge on any atom is -0.463 e. The van der Waals surface area contributed by atoms with E-state index in [0.29, 0.717) is 25.7 Å². The van der Waals surface area contributed by atoms with Gasteiger partial charge in [0.1, 0.15) is 98.7 Å². The Morgan fingerprint density at radius 2 is 0.714 bits per heavy atom. The van der Waals surface area contributed by atoms with Crippen molar-refractivity contribution in [2.45, 2.75) is 407 Å². The number of hydrogen-bond acceptors (Lipinski definition) is 23. The first-order valence-corrected chi connectivity index (χ1v) is 40.0. The number of carbonyl (C=O) groups is 3. The van der Waals surface area contributed by atoms with Crippen LogP contribution >= 0.6 is 7.82 Å². The van der Waals surface area contributed by atoms with E-state index in [1.165, 1.54) is 154 Å². The lowest BCUT2D eigenvalue weighted by atomic mass is 9.84. The Bertz CT molecular complexity index is 2080. The van der Waals surface area contributed by atoms with Crippen molar-refractivity contribution in [2.75, 3.05) is 26.4 Å². The van der Waals surface area contributed by atoms with Gasteiger partial charge < -0.3 is 89.1 Å². The van der Waals surface area contributed by atoms with Crippen LogP contribution in [0.25, 0.3) is 0 Å². The first-order chi connectivity index (χ1) is 47.3. The van der Waals surface area contributed by atoms with Crippen LogP contribution in [0, 0.1) is 0 Å². The molecule has 2 saturated heterocycles. The van der Waals surface area contributed by atoms with E-state index in [0.717, 1.165) is 83.5 Å². The molecule has 0 aromatic carbocycles. The first-order valence-electron chi connectivity index (χ1n) is 38.5. The fourth-order valence-electron chi connectivity index (χ4n) is 12.8. The van der Waals surface area contributed by atoms with Crippen LogP contribution in [-0.2, 0) is 61.2 Å². The van der Waals surface area contributed by atoms with Gasteiger partial charge >= 0.3 is 25.7 Å². The third-order valence-electron chi connectivity index (χ3n) is 19.0. The average Bonchev–Trinajstić information content (AvgIpc) is 0.762. The molecule has 18 unspecified atom stereocenters. The molecule has 3 fully saturated rings. The number of esters is 3. The molecule has 576 valence electrons. The summed E-state index contributed by atoms with van der Waals surface area (Å²) in [7, 11) is -5.70. The SMILES string of the molecule is CCCCCCCCC/C=C\CCCCCC(=O)OC(COC(=O)CCCCCCCCCCCCCCCCC)COP(=O)(O)OC1C(OC2OC(CO)C(O)C(O)C2O)C(O)C(O)C(O)C1OC1OC(COC(=O)CCCCCCCCCCCCCCCC)C(O)C(O)C1O. The van der Waals surface area contributed by atoms with E-state index in [2.05, 4.69) is 32.9 Å². The lowest BCUT2D eigenvalue weighted by molar-refractivity contribution is -0.360. The van der Waals surface area contributed by atoms with Gasteiger partial charge in [-0.2, -0.15) is 0 Å². The summed E-state index contributed by atoms with van der Waals surface area (Å²) in [4.78, 5) is 51.0.